The zero-order valence-corrected chi connectivity index (χ0v) is 15.6. The van der Waals surface area contributed by atoms with Crippen LogP contribution in [0.5, 0.6) is 5.75 Å². The average molecular weight is 381 g/mol. The predicted octanol–water partition coefficient (Wildman–Crippen LogP) is 4.30. The molecule has 0 fully saturated rings. The van der Waals surface area contributed by atoms with E-state index in [9.17, 15) is 0 Å². The Kier molecular flexibility index (Phi) is 4.68. The van der Waals surface area contributed by atoms with Gasteiger partial charge >= 0.3 is 0 Å². The first-order valence-electron chi connectivity index (χ1n) is 7.83. The van der Waals surface area contributed by atoms with Crippen molar-refractivity contribution in [3.63, 3.8) is 0 Å². The number of methoxy groups -OCH3 is 1. The minimum Gasteiger partial charge on any atom is -0.497 e. The van der Waals surface area contributed by atoms with Crippen LogP contribution in [-0.4, -0.2) is 31.8 Å². The Morgan fingerprint density at radius 2 is 2.12 bits per heavy atom. The van der Waals surface area contributed by atoms with Crippen molar-refractivity contribution in [2.45, 2.75) is 16.7 Å². The Labute approximate surface area is 158 Å². The van der Waals surface area contributed by atoms with Crippen molar-refractivity contribution in [1.82, 2.24) is 24.7 Å². The molecule has 0 N–H and O–H groups in total. The lowest BCUT2D eigenvalue weighted by Crippen LogP contribution is -1.96. The summed E-state index contributed by atoms with van der Waals surface area (Å²) in [4.78, 5) is 9.87. The van der Waals surface area contributed by atoms with Crippen molar-refractivity contribution in [1.29, 1.82) is 0 Å². The zero-order chi connectivity index (χ0) is 17.9. The van der Waals surface area contributed by atoms with Gasteiger partial charge in [0.15, 0.2) is 5.16 Å². The van der Waals surface area contributed by atoms with Crippen LogP contribution in [0.1, 0.15) is 0 Å². The van der Waals surface area contributed by atoms with Gasteiger partial charge in [-0.1, -0.05) is 18.2 Å². The number of benzene rings is 1. The second-order valence-electron chi connectivity index (χ2n) is 5.39. The summed E-state index contributed by atoms with van der Waals surface area (Å²) in [6.45, 7) is 4.42. The van der Waals surface area contributed by atoms with Crippen LogP contribution in [-0.2, 0) is 6.54 Å². The fourth-order valence-electron chi connectivity index (χ4n) is 2.58. The van der Waals surface area contributed by atoms with Crippen molar-refractivity contribution in [2.24, 2.45) is 0 Å². The topological polar surface area (TPSA) is 65.7 Å². The van der Waals surface area contributed by atoms with Gasteiger partial charge in [0.05, 0.1) is 12.5 Å². The SMILES string of the molecule is C=CCn1cnnc1Sc1ncnc2scc(-c3ccc(OC)cc3)c12. The molecule has 0 saturated heterocycles. The molecule has 6 nitrogen and oxygen atoms in total. The van der Waals surface area contributed by atoms with E-state index in [0.717, 1.165) is 37.3 Å². The van der Waals surface area contributed by atoms with E-state index in [0.29, 0.717) is 6.54 Å². The summed E-state index contributed by atoms with van der Waals surface area (Å²) in [5, 5.41) is 13.0. The first-order chi connectivity index (χ1) is 12.8. The molecular formula is C18H15N5OS2. The Morgan fingerprint density at radius 3 is 2.88 bits per heavy atom. The monoisotopic (exact) mass is 381 g/mol. The van der Waals surface area contributed by atoms with Crippen molar-refractivity contribution < 1.29 is 4.74 Å². The maximum atomic E-state index is 5.25. The Balaban J connectivity index is 1.79. The number of nitrogens with zero attached hydrogens (tertiary/aromatic N) is 5. The maximum absolute atomic E-state index is 5.25. The van der Waals surface area contributed by atoms with Gasteiger partial charge in [-0.15, -0.1) is 28.1 Å². The molecule has 0 aliphatic rings. The third-order valence-electron chi connectivity index (χ3n) is 3.83. The van der Waals surface area contributed by atoms with Gasteiger partial charge in [0.2, 0.25) is 0 Å². The molecule has 0 radical (unpaired) electrons. The molecule has 0 atom stereocenters. The van der Waals surface area contributed by atoms with Crippen LogP contribution in [0.15, 0.2) is 65.1 Å². The molecule has 1 aromatic carbocycles. The first-order valence-corrected chi connectivity index (χ1v) is 9.53. The molecule has 0 spiro atoms. The van der Waals surface area contributed by atoms with Gasteiger partial charge in [-0.25, -0.2) is 9.97 Å². The second-order valence-corrected chi connectivity index (χ2v) is 7.21. The summed E-state index contributed by atoms with van der Waals surface area (Å²) in [6, 6.07) is 8.00. The quantitative estimate of drug-likeness (QED) is 0.367. The van der Waals surface area contributed by atoms with Crippen molar-refractivity contribution in [2.75, 3.05) is 7.11 Å². The van der Waals surface area contributed by atoms with E-state index in [1.165, 1.54) is 11.8 Å². The molecule has 0 bridgehead atoms. The number of hydrogen-bond acceptors (Lipinski definition) is 7. The highest BCUT2D eigenvalue weighted by molar-refractivity contribution is 7.99. The highest BCUT2D eigenvalue weighted by atomic mass is 32.2. The van der Waals surface area contributed by atoms with E-state index in [4.69, 9.17) is 4.74 Å². The van der Waals surface area contributed by atoms with Crippen LogP contribution >= 0.6 is 23.1 Å². The van der Waals surface area contributed by atoms with E-state index in [2.05, 4.69) is 32.1 Å². The van der Waals surface area contributed by atoms with Crippen LogP contribution < -0.4 is 4.74 Å². The Bertz CT molecular complexity index is 1060. The molecule has 0 saturated carbocycles. The molecule has 4 aromatic rings. The summed E-state index contributed by atoms with van der Waals surface area (Å²) < 4.78 is 7.19. The zero-order valence-electron chi connectivity index (χ0n) is 14.0. The molecule has 4 rings (SSSR count). The fourth-order valence-corrected chi connectivity index (χ4v) is 4.47. The van der Waals surface area contributed by atoms with Gasteiger partial charge in [-0.2, -0.15) is 0 Å². The summed E-state index contributed by atoms with van der Waals surface area (Å²) >= 11 is 3.09. The first kappa shape index (κ1) is 16.7. The lowest BCUT2D eigenvalue weighted by Gasteiger charge is -2.06. The summed E-state index contributed by atoms with van der Waals surface area (Å²) in [5.41, 5.74) is 2.20. The van der Waals surface area contributed by atoms with E-state index >= 15 is 0 Å². The standard InChI is InChI=1S/C18H15N5OS2/c1-3-8-23-11-21-22-18(23)26-17-15-14(9-25-16(15)19-10-20-17)12-4-6-13(24-2)7-5-12/h3-7,9-11H,1,8H2,2H3. The molecule has 8 heteroatoms. The van der Waals surface area contributed by atoms with Gasteiger partial charge in [0, 0.05) is 17.5 Å². The van der Waals surface area contributed by atoms with Gasteiger partial charge in [-0.05, 0) is 29.5 Å². The third kappa shape index (κ3) is 3.09. The van der Waals surface area contributed by atoms with E-state index < -0.39 is 0 Å². The van der Waals surface area contributed by atoms with E-state index in [1.54, 1.807) is 31.1 Å². The molecule has 3 heterocycles. The number of ether oxygens (including phenoxy) is 1. The van der Waals surface area contributed by atoms with Gasteiger partial charge in [0.25, 0.3) is 0 Å². The van der Waals surface area contributed by atoms with E-state index in [1.807, 2.05) is 34.9 Å². The fraction of sp³-hybridized carbons (Fsp3) is 0.111. The van der Waals surface area contributed by atoms with Crippen molar-refractivity contribution in [3.8, 4) is 16.9 Å². The summed E-state index contributed by atoms with van der Waals surface area (Å²) in [5.74, 6) is 0.830. The summed E-state index contributed by atoms with van der Waals surface area (Å²) in [6.07, 6.45) is 5.10. The Morgan fingerprint density at radius 1 is 1.27 bits per heavy atom. The number of allylic oxidation sites excluding steroid dienone is 1. The molecule has 0 aliphatic carbocycles. The van der Waals surface area contributed by atoms with E-state index in [-0.39, 0.29) is 0 Å². The van der Waals surface area contributed by atoms with Crippen molar-refractivity contribution in [3.05, 3.63) is 55.0 Å². The largest absolute Gasteiger partial charge is 0.497 e. The highest BCUT2D eigenvalue weighted by Gasteiger charge is 2.16. The minimum absolute atomic E-state index is 0.651. The minimum atomic E-state index is 0.651. The van der Waals surface area contributed by atoms with Gasteiger partial charge in [-0.3, -0.25) is 0 Å². The average Bonchev–Trinajstić information content (AvgIpc) is 3.30. The van der Waals surface area contributed by atoms with Gasteiger partial charge < -0.3 is 9.30 Å². The molecule has 3 aromatic heterocycles. The molecular weight excluding hydrogens is 366 g/mol. The lowest BCUT2D eigenvalue weighted by atomic mass is 10.1. The number of rotatable bonds is 6. The molecule has 0 unspecified atom stereocenters. The summed E-state index contributed by atoms with van der Waals surface area (Å²) in [7, 11) is 1.66. The third-order valence-corrected chi connectivity index (χ3v) is 5.72. The Hall–Kier alpha value is -2.71. The highest BCUT2D eigenvalue weighted by Crippen LogP contribution is 2.39. The number of thiophene rings is 1. The van der Waals surface area contributed by atoms with Crippen molar-refractivity contribution >= 4 is 33.3 Å². The number of aromatic nitrogens is 5. The molecule has 130 valence electrons. The van der Waals surface area contributed by atoms with Crippen LogP contribution in [0.4, 0.5) is 0 Å². The van der Waals surface area contributed by atoms with Crippen LogP contribution in [0.2, 0.25) is 0 Å². The smallest absolute Gasteiger partial charge is 0.197 e. The second kappa shape index (κ2) is 7.27. The molecule has 0 aliphatic heterocycles. The molecule has 26 heavy (non-hydrogen) atoms. The van der Waals surface area contributed by atoms with Crippen LogP contribution in [0.25, 0.3) is 21.3 Å². The lowest BCUT2D eigenvalue weighted by molar-refractivity contribution is 0.415. The maximum Gasteiger partial charge on any atom is 0.197 e. The molecule has 0 amide bonds. The normalized spacial score (nSPS) is 11.0. The number of hydrogen-bond donors (Lipinski definition) is 0. The van der Waals surface area contributed by atoms with Gasteiger partial charge in [0.1, 0.15) is 28.3 Å². The van der Waals surface area contributed by atoms with Crippen LogP contribution in [0.3, 0.4) is 0 Å². The predicted molar refractivity (Wildman–Crippen MR) is 104 cm³/mol. The van der Waals surface area contributed by atoms with Crippen LogP contribution in [0, 0.1) is 0 Å². The number of fused-ring (bicyclic) bond motifs is 1.